The highest BCUT2D eigenvalue weighted by atomic mass is 17.6. The van der Waals surface area contributed by atoms with E-state index in [2.05, 4.69) is 15.0 Å². The Morgan fingerprint density at radius 3 is 2.53 bits per heavy atom. The van der Waals surface area contributed by atoms with E-state index in [0.29, 0.717) is 13.0 Å². The Morgan fingerprint density at radius 1 is 1.12 bits per heavy atom. The summed E-state index contributed by atoms with van der Waals surface area (Å²) in [5.74, 6) is -0.296. The molecule has 0 aromatic heterocycles. The Balaban J connectivity index is 3.03. The summed E-state index contributed by atoms with van der Waals surface area (Å²) < 4.78 is 0. The average Bonchev–Trinajstić information content (AvgIpc) is 2.30. The maximum absolute atomic E-state index is 10.4. The molecule has 0 unspecified atom stereocenters. The molecule has 0 heterocycles. The lowest BCUT2D eigenvalue weighted by Crippen LogP contribution is -2.07. The number of unbranched alkanes of at least 4 members (excludes halogenated alkanes) is 5. The standard InChI is InChI=1S/C11H21NO5/c12-11(13)9-7-5-3-1-2-4-6-8-10-15-17-16-14/h5,7,14H,1-4,6,8-10H2,(H2,12,13). The lowest BCUT2D eigenvalue weighted by atomic mass is 10.1. The lowest BCUT2D eigenvalue weighted by molar-refractivity contribution is -0.623. The minimum absolute atomic E-state index is 0.296. The predicted octanol–water partition coefficient (Wildman–Crippen LogP) is 2.11. The largest absolute Gasteiger partial charge is 0.369 e. The van der Waals surface area contributed by atoms with Gasteiger partial charge in [0.15, 0.2) is 0 Å². The van der Waals surface area contributed by atoms with Crippen LogP contribution in [0.15, 0.2) is 12.2 Å². The van der Waals surface area contributed by atoms with Gasteiger partial charge in [-0.05, 0) is 29.3 Å². The second kappa shape index (κ2) is 13.1. The molecule has 0 aliphatic heterocycles. The molecule has 6 heteroatoms. The van der Waals surface area contributed by atoms with Crippen molar-refractivity contribution >= 4 is 5.91 Å². The molecule has 1 amide bonds. The molecule has 3 N–H and O–H groups in total. The number of carbonyl (C=O) groups excluding carboxylic acids is 1. The molecule has 0 rings (SSSR count). The van der Waals surface area contributed by atoms with Crippen LogP contribution in [0.1, 0.15) is 44.9 Å². The SMILES string of the molecule is NC(=O)CC=CCCCCCCCOOOO. The van der Waals surface area contributed by atoms with Gasteiger partial charge in [0.05, 0.1) is 6.61 Å². The van der Waals surface area contributed by atoms with Gasteiger partial charge in [-0.3, -0.25) is 4.79 Å². The third kappa shape index (κ3) is 15.1. The van der Waals surface area contributed by atoms with Crippen LogP contribution in [0.2, 0.25) is 0 Å². The van der Waals surface area contributed by atoms with Crippen molar-refractivity contribution in [2.45, 2.75) is 44.9 Å². The van der Waals surface area contributed by atoms with E-state index in [1.54, 1.807) is 0 Å². The monoisotopic (exact) mass is 247 g/mol. The molecule has 0 aliphatic carbocycles. The summed E-state index contributed by atoms with van der Waals surface area (Å²) in [7, 11) is 0. The Morgan fingerprint density at radius 2 is 1.82 bits per heavy atom. The van der Waals surface area contributed by atoms with E-state index in [1.807, 2.05) is 12.2 Å². The topological polar surface area (TPSA) is 91.0 Å². The molecule has 6 nitrogen and oxygen atoms in total. The molecule has 0 saturated heterocycles. The molecule has 17 heavy (non-hydrogen) atoms. The van der Waals surface area contributed by atoms with Gasteiger partial charge in [-0.1, -0.05) is 31.4 Å². The maximum Gasteiger partial charge on any atom is 0.221 e. The van der Waals surface area contributed by atoms with E-state index in [4.69, 9.17) is 11.0 Å². The first-order valence-corrected chi connectivity index (χ1v) is 5.80. The van der Waals surface area contributed by atoms with E-state index in [9.17, 15) is 4.79 Å². The van der Waals surface area contributed by atoms with Crippen LogP contribution in [-0.2, 0) is 19.8 Å². The van der Waals surface area contributed by atoms with Crippen LogP contribution < -0.4 is 5.73 Å². The first kappa shape index (κ1) is 16.1. The van der Waals surface area contributed by atoms with Crippen molar-refractivity contribution < 1.29 is 25.0 Å². The van der Waals surface area contributed by atoms with E-state index >= 15 is 0 Å². The van der Waals surface area contributed by atoms with Crippen molar-refractivity contribution in [1.82, 2.24) is 0 Å². The number of carbonyl (C=O) groups is 1. The second-order valence-corrected chi connectivity index (χ2v) is 3.66. The molecule has 0 saturated carbocycles. The molecular weight excluding hydrogens is 226 g/mol. The first-order valence-electron chi connectivity index (χ1n) is 5.80. The van der Waals surface area contributed by atoms with Gasteiger partial charge in [0, 0.05) is 6.42 Å². The zero-order valence-corrected chi connectivity index (χ0v) is 9.97. The van der Waals surface area contributed by atoms with Crippen LogP contribution >= 0.6 is 0 Å². The smallest absolute Gasteiger partial charge is 0.221 e. The average molecular weight is 247 g/mol. The van der Waals surface area contributed by atoms with Crippen molar-refractivity contribution in [1.29, 1.82) is 0 Å². The van der Waals surface area contributed by atoms with Crippen molar-refractivity contribution in [3.05, 3.63) is 12.2 Å². The summed E-state index contributed by atoms with van der Waals surface area (Å²) in [5, 5.41) is 14.9. The minimum Gasteiger partial charge on any atom is -0.369 e. The van der Waals surface area contributed by atoms with Gasteiger partial charge in [0.25, 0.3) is 0 Å². The molecular formula is C11H21NO5. The van der Waals surface area contributed by atoms with Gasteiger partial charge in [-0.25, -0.2) is 10.1 Å². The van der Waals surface area contributed by atoms with E-state index in [1.165, 1.54) is 0 Å². The maximum atomic E-state index is 10.4. The number of hydrogen-bond donors (Lipinski definition) is 2. The highest BCUT2D eigenvalue weighted by Gasteiger charge is 1.92. The normalized spacial score (nSPS) is 11.1. The molecule has 0 atom stereocenters. The van der Waals surface area contributed by atoms with E-state index in [0.717, 1.165) is 38.5 Å². The molecule has 0 radical (unpaired) electrons. The number of allylic oxidation sites excluding steroid dienone is 1. The molecule has 0 aliphatic rings. The van der Waals surface area contributed by atoms with Crippen molar-refractivity contribution in [2.24, 2.45) is 5.73 Å². The number of rotatable bonds is 12. The second-order valence-electron chi connectivity index (χ2n) is 3.66. The molecule has 0 bridgehead atoms. The fourth-order valence-corrected chi connectivity index (χ4v) is 1.33. The first-order chi connectivity index (χ1) is 8.27. The number of hydrogen-bond acceptors (Lipinski definition) is 5. The van der Waals surface area contributed by atoms with Crippen molar-refractivity contribution in [3.8, 4) is 0 Å². The molecule has 0 aromatic carbocycles. The van der Waals surface area contributed by atoms with Gasteiger partial charge < -0.3 is 5.73 Å². The van der Waals surface area contributed by atoms with Gasteiger partial charge in [-0.15, -0.1) is 0 Å². The zero-order chi connectivity index (χ0) is 12.8. The Hall–Kier alpha value is -0.950. The fourth-order valence-electron chi connectivity index (χ4n) is 1.33. The van der Waals surface area contributed by atoms with Gasteiger partial charge >= 0.3 is 0 Å². The summed E-state index contributed by atoms with van der Waals surface area (Å²) in [5.41, 5.74) is 4.99. The Kier molecular flexibility index (Phi) is 12.4. The van der Waals surface area contributed by atoms with Crippen LogP contribution in [0, 0.1) is 0 Å². The molecule has 100 valence electrons. The van der Waals surface area contributed by atoms with Crippen molar-refractivity contribution in [3.63, 3.8) is 0 Å². The van der Waals surface area contributed by atoms with Crippen LogP contribution in [0.25, 0.3) is 0 Å². The minimum atomic E-state index is -0.296. The Bertz CT molecular complexity index is 208. The van der Waals surface area contributed by atoms with E-state index in [-0.39, 0.29) is 5.91 Å². The third-order valence-corrected chi connectivity index (χ3v) is 2.16. The fraction of sp³-hybridized carbons (Fsp3) is 0.727. The summed E-state index contributed by atoms with van der Waals surface area (Å²) in [6.45, 7) is 0.402. The predicted molar refractivity (Wildman–Crippen MR) is 61.4 cm³/mol. The van der Waals surface area contributed by atoms with Gasteiger partial charge in [0.1, 0.15) is 0 Å². The van der Waals surface area contributed by atoms with Crippen molar-refractivity contribution in [2.75, 3.05) is 6.61 Å². The summed E-state index contributed by atoms with van der Waals surface area (Å²) in [6, 6.07) is 0. The highest BCUT2D eigenvalue weighted by molar-refractivity contribution is 5.75. The zero-order valence-electron chi connectivity index (χ0n) is 9.97. The number of primary amides is 1. The summed E-state index contributed by atoms with van der Waals surface area (Å²) in [6.07, 6.45) is 10.4. The third-order valence-electron chi connectivity index (χ3n) is 2.16. The van der Waals surface area contributed by atoms with Gasteiger partial charge in [0.2, 0.25) is 5.91 Å². The summed E-state index contributed by atoms with van der Waals surface area (Å²) in [4.78, 5) is 14.8. The van der Waals surface area contributed by atoms with Crippen LogP contribution in [0.5, 0.6) is 0 Å². The van der Waals surface area contributed by atoms with Crippen LogP contribution in [0.4, 0.5) is 0 Å². The molecule has 0 fully saturated rings. The van der Waals surface area contributed by atoms with E-state index < -0.39 is 0 Å². The van der Waals surface area contributed by atoms with Crippen LogP contribution in [-0.4, -0.2) is 17.8 Å². The summed E-state index contributed by atoms with van der Waals surface area (Å²) >= 11 is 0. The number of nitrogens with two attached hydrogens (primary N) is 1. The molecule has 0 spiro atoms. The Labute approximate surface area is 101 Å². The molecule has 0 aromatic rings. The van der Waals surface area contributed by atoms with Crippen LogP contribution in [0.3, 0.4) is 0 Å². The highest BCUT2D eigenvalue weighted by Crippen LogP contribution is 2.06. The van der Waals surface area contributed by atoms with Gasteiger partial charge in [-0.2, -0.15) is 0 Å². The number of amides is 1. The quantitative estimate of drug-likeness (QED) is 0.238. The lowest BCUT2D eigenvalue weighted by Gasteiger charge is -2.00.